The monoisotopic (exact) mass is 459 g/mol. The molecule has 1 N–H and O–H groups in total. The van der Waals surface area contributed by atoms with Crippen LogP contribution in [-0.2, 0) is 21.1 Å². The van der Waals surface area contributed by atoms with Crippen molar-refractivity contribution in [3.8, 4) is 17.2 Å². The van der Waals surface area contributed by atoms with Crippen LogP contribution in [0.1, 0.15) is 24.3 Å². The maximum Gasteiger partial charge on any atom is 0.322 e. The zero-order valence-corrected chi connectivity index (χ0v) is 18.1. The number of methoxy groups -OCH3 is 1. The molecule has 4 rings (SSSR count). The molecule has 1 aliphatic heterocycles. The number of nitrogens with one attached hydrogen (secondary N) is 1. The molecule has 0 fully saturated rings. The molecule has 0 unspecified atom stereocenters. The van der Waals surface area contributed by atoms with Crippen LogP contribution in [0.15, 0.2) is 51.8 Å². The number of ether oxygens (including phenoxy) is 3. The maximum absolute atomic E-state index is 12.4. The summed E-state index contributed by atoms with van der Waals surface area (Å²) >= 11 is 0. The van der Waals surface area contributed by atoms with Crippen LogP contribution in [0, 0.1) is 0 Å². The number of benzene rings is 2. The van der Waals surface area contributed by atoms with Gasteiger partial charge in [-0.15, -0.1) is 5.10 Å². The molecule has 0 radical (unpaired) electrons. The van der Waals surface area contributed by atoms with Crippen LogP contribution in [0.2, 0.25) is 0 Å². The molecule has 0 saturated carbocycles. The van der Waals surface area contributed by atoms with E-state index in [-0.39, 0.29) is 36.3 Å². The van der Waals surface area contributed by atoms with Crippen LogP contribution in [0.25, 0.3) is 0 Å². The number of aromatic nitrogens is 2. The van der Waals surface area contributed by atoms with E-state index in [1.807, 2.05) is 12.1 Å². The molecule has 32 heavy (non-hydrogen) atoms. The summed E-state index contributed by atoms with van der Waals surface area (Å²) in [6.07, 6.45) is 0.507. The smallest absolute Gasteiger partial charge is 0.322 e. The Morgan fingerprint density at radius 1 is 1.09 bits per heavy atom. The molecule has 1 amide bonds. The standard InChI is InChI=1S/C21H21N3O7S/c1-28-15-5-7-16(8-6-15)32(26,27)10-2-3-19(25)22-21-24-23-20(31-21)12-14-4-9-17-18(11-14)30-13-29-17/h4-9,11H,2-3,10,12-13H2,1H3,(H,22,24,25). The number of hydrogen-bond acceptors (Lipinski definition) is 9. The fraction of sp³-hybridized carbons (Fsp3) is 0.286. The molecule has 1 aliphatic rings. The number of fused-ring (bicyclic) bond motifs is 1. The Labute approximate surface area is 184 Å². The molecule has 0 atom stereocenters. The minimum atomic E-state index is -3.49. The van der Waals surface area contributed by atoms with Gasteiger partial charge in [0, 0.05) is 6.42 Å². The fourth-order valence-corrected chi connectivity index (χ4v) is 4.42. The average molecular weight is 459 g/mol. The lowest BCUT2D eigenvalue weighted by Gasteiger charge is -2.05. The molecule has 0 saturated heterocycles. The lowest BCUT2D eigenvalue weighted by atomic mass is 10.1. The molecule has 0 spiro atoms. The molecular weight excluding hydrogens is 438 g/mol. The Morgan fingerprint density at radius 2 is 1.88 bits per heavy atom. The Morgan fingerprint density at radius 3 is 2.66 bits per heavy atom. The first-order valence-corrected chi connectivity index (χ1v) is 11.5. The van der Waals surface area contributed by atoms with Gasteiger partial charge >= 0.3 is 6.01 Å². The first-order valence-electron chi connectivity index (χ1n) is 9.80. The second-order valence-corrected chi connectivity index (χ2v) is 9.12. The number of carbonyl (C=O) groups is 1. The number of anilines is 1. The molecule has 3 aromatic rings. The third kappa shape index (κ3) is 5.17. The van der Waals surface area contributed by atoms with Gasteiger partial charge in [0.05, 0.1) is 24.2 Å². The average Bonchev–Trinajstić information content (AvgIpc) is 3.42. The van der Waals surface area contributed by atoms with Crippen molar-refractivity contribution in [2.75, 3.05) is 25.0 Å². The Bertz CT molecular complexity index is 1210. The van der Waals surface area contributed by atoms with Gasteiger partial charge < -0.3 is 18.6 Å². The van der Waals surface area contributed by atoms with E-state index < -0.39 is 15.7 Å². The van der Waals surface area contributed by atoms with Gasteiger partial charge in [0.25, 0.3) is 0 Å². The van der Waals surface area contributed by atoms with E-state index >= 15 is 0 Å². The highest BCUT2D eigenvalue weighted by molar-refractivity contribution is 7.91. The highest BCUT2D eigenvalue weighted by Gasteiger charge is 2.17. The van der Waals surface area contributed by atoms with Gasteiger partial charge in [0.2, 0.25) is 18.6 Å². The molecule has 11 heteroatoms. The van der Waals surface area contributed by atoms with Crippen LogP contribution in [0.3, 0.4) is 0 Å². The fourth-order valence-electron chi connectivity index (χ4n) is 3.11. The van der Waals surface area contributed by atoms with Crippen LogP contribution in [0.5, 0.6) is 17.2 Å². The van der Waals surface area contributed by atoms with Crippen molar-refractivity contribution in [3.05, 3.63) is 53.9 Å². The first-order chi connectivity index (χ1) is 15.4. The summed E-state index contributed by atoms with van der Waals surface area (Å²) in [5, 5.41) is 10.2. The third-order valence-electron chi connectivity index (χ3n) is 4.74. The third-order valence-corrected chi connectivity index (χ3v) is 6.56. The number of hydrogen-bond donors (Lipinski definition) is 1. The van der Waals surface area contributed by atoms with E-state index in [0.717, 1.165) is 5.56 Å². The molecule has 1 aromatic heterocycles. The van der Waals surface area contributed by atoms with Crippen molar-refractivity contribution >= 4 is 21.8 Å². The Balaban J connectivity index is 1.26. The van der Waals surface area contributed by atoms with Gasteiger partial charge in [0.15, 0.2) is 21.3 Å². The minimum absolute atomic E-state index is 0.00470. The van der Waals surface area contributed by atoms with Crippen molar-refractivity contribution in [2.24, 2.45) is 0 Å². The highest BCUT2D eigenvalue weighted by atomic mass is 32.2. The summed E-state index contributed by atoms with van der Waals surface area (Å²) < 4.78 is 45.9. The number of rotatable bonds is 9. The quantitative estimate of drug-likeness (QED) is 0.513. The Hall–Kier alpha value is -3.60. The summed E-state index contributed by atoms with van der Waals surface area (Å²) in [5.41, 5.74) is 0.888. The van der Waals surface area contributed by atoms with Gasteiger partial charge in [-0.1, -0.05) is 11.2 Å². The molecule has 0 bridgehead atoms. The molecule has 168 valence electrons. The molecular formula is C21H21N3O7S. The Kier molecular flexibility index (Phi) is 6.26. The number of nitrogens with zero attached hydrogens (tertiary/aromatic N) is 2. The van der Waals surface area contributed by atoms with Gasteiger partial charge in [-0.05, 0) is 48.4 Å². The molecule has 0 aliphatic carbocycles. The van der Waals surface area contributed by atoms with E-state index in [2.05, 4.69) is 15.5 Å². The number of sulfone groups is 1. The van der Waals surface area contributed by atoms with Gasteiger partial charge in [-0.2, -0.15) is 0 Å². The van der Waals surface area contributed by atoms with Gasteiger partial charge in [-0.3, -0.25) is 10.1 Å². The van der Waals surface area contributed by atoms with E-state index in [0.29, 0.717) is 29.6 Å². The summed E-state index contributed by atoms with van der Waals surface area (Å²) in [5.74, 6) is 1.66. The van der Waals surface area contributed by atoms with Gasteiger partial charge in [-0.25, -0.2) is 8.42 Å². The normalized spacial score (nSPS) is 12.5. The summed E-state index contributed by atoms with van der Waals surface area (Å²) in [4.78, 5) is 12.3. The van der Waals surface area contributed by atoms with Gasteiger partial charge in [0.1, 0.15) is 5.75 Å². The van der Waals surface area contributed by atoms with E-state index in [4.69, 9.17) is 18.6 Å². The van der Waals surface area contributed by atoms with E-state index in [1.54, 1.807) is 18.2 Å². The topological polar surface area (TPSA) is 130 Å². The van der Waals surface area contributed by atoms with Crippen LogP contribution in [-0.4, -0.2) is 44.2 Å². The van der Waals surface area contributed by atoms with Crippen molar-refractivity contribution in [2.45, 2.75) is 24.2 Å². The zero-order valence-electron chi connectivity index (χ0n) is 17.2. The predicted molar refractivity (Wildman–Crippen MR) is 113 cm³/mol. The lowest BCUT2D eigenvalue weighted by molar-refractivity contribution is -0.116. The number of carbonyl (C=O) groups excluding carboxylic acids is 1. The van der Waals surface area contributed by atoms with Crippen LogP contribution < -0.4 is 19.5 Å². The summed E-state index contributed by atoms with van der Waals surface area (Å²) in [7, 11) is -1.99. The molecule has 10 nitrogen and oxygen atoms in total. The highest BCUT2D eigenvalue weighted by Crippen LogP contribution is 2.33. The minimum Gasteiger partial charge on any atom is -0.497 e. The zero-order chi connectivity index (χ0) is 22.6. The second kappa shape index (κ2) is 9.27. The maximum atomic E-state index is 12.4. The number of amides is 1. The first kappa shape index (κ1) is 21.6. The predicted octanol–water partition coefficient (Wildman–Crippen LogP) is 2.59. The summed E-state index contributed by atoms with van der Waals surface area (Å²) in [6, 6.07) is 11.6. The molecule has 2 aromatic carbocycles. The van der Waals surface area contributed by atoms with Crippen LogP contribution in [0.4, 0.5) is 6.01 Å². The van der Waals surface area contributed by atoms with Crippen molar-refractivity contribution in [1.29, 1.82) is 0 Å². The van der Waals surface area contributed by atoms with Crippen molar-refractivity contribution < 1.29 is 31.8 Å². The van der Waals surface area contributed by atoms with E-state index in [1.165, 1.54) is 19.2 Å². The summed E-state index contributed by atoms with van der Waals surface area (Å²) in [6.45, 7) is 0.191. The van der Waals surface area contributed by atoms with Crippen molar-refractivity contribution in [1.82, 2.24) is 10.2 Å². The lowest BCUT2D eigenvalue weighted by Crippen LogP contribution is -2.14. The largest absolute Gasteiger partial charge is 0.497 e. The SMILES string of the molecule is COc1ccc(S(=O)(=O)CCCC(=O)Nc2nnc(Cc3ccc4c(c3)OCO4)o2)cc1. The van der Waals surface area contributed by atoms with Crippen LogP contribution >= 0.6 is 0 Å². The van der Waals surface area contributed by atoms with E-state index in [9.17, 15) is 13.2 Å². The second-order valence-electron chi connectivity index (χ2n) is 7.01. The molecule has 2 heterocycles. The van der Waals surface area contributed by atoms with Crippen molar-refractivity contribution in [3.63, 3.8) is 0 Å².